The molecule has 170 valence electrons. The molecule has 2 atom stereocenters. The summed E-state index contributed by atoms with van der Waals surface area (Å²) in [7, 11) is 1.56. The highest BCUT2D eigenvalue weighted by molar-refractivity contribution is 6.30. The standard InChI is InChI=1S/C25H28ClNO5/c1-31-23-14-17(8-12-22(23)32-16-18-6-10-20(26)11-7-18)9-13-24(28)27-15-19-4-2-3-5-21(19)25(29)30/h6-14,19,21H,2-5,15-16H2,1H3,(H,27,28)(H,29,30)/b13-9+/t19-,21-/m0/s1. The van der Waals surface area contributed by atoms with Crippen LogP contribution in [0.15, 0.2) is 48.5 Å². The van der Waals surface area contributed by atoms with Gasteiger partial charge in [0.1, 0.15) is 6.61 Å². The van der Waals surface area contributed by atoms with Crippen LogP contribution in [-0.2, 0) is 16.2 Å². The second-order valence-corrected chi connectivity index (χ2v) is 8.33. The summed E-state index contributed by atoms with van der Waals surface area (Å²) in [5.41, 5.74) is 1.78. The van der Waals surface area contributed by atoms with Crippen LogP contribution in [0.5, 0.6) is 11.5 Å². The van der Waals surface area contributed by atoms with Crippen LogP contribution >= 0.6 is 11.6 Å². The molecule has 0 heterocycles. The van der Waals surface area contributed by atoms with Gasteiger partial charge in [-0.2, -0.15) is 0 Å². The SMILES string of the molecule is COc1cc(/C=C/C(=O)NC[C@@H]2CCCC[C@@H]2C(=O)O)ccc1OCc1ccc(Cl)cc1. The molecule has 0 unspecified atom stereocenters. The van der Waals surface area contributed by atoms with E-state index in [0.29, 0.717) is 36.1 Å². The maximum absolute atomic E-state index is 12.2. The summed E-state index contributed by atoms with van der Waals surface area (Å²) in [6.45, 7) is 0.755. The van der Waals surface area contributed by atoms with Gasteiger partial charge in [0, 0.05) is 17.6 Å². The van der Waals surface area contributed by atoms with Crippen LogP contribution < -0.4 is 14.8 Å². The van der Waals surface area contributed by atoms with Crippen LogP contribution in [0.3, 0.4) is 0 Å². The summed E-state index contributed by atoms with van der Waals surface area (Å²) in [4.78, 5) is 23.6. The topological polar surface area (TPSA) is 84.9 Å². The number of ether oxygens (including phenoxy) is 2. The van der Waals surface area contributed by atoms with Crippen LogP contribution in [0.25, 0.3) is 6.08 Å². The molecular weight excluding hydrogens is 430 g/mol. The van der Waals surface area contributed by atoms with Crippen LogP contribution in [0.1, 0.15) is 36.8 Å². The molecule has 3 rings (SSSR count). The number of carboxylic acid groups (broad SMARTS) is 1. The third-order valence-electron chi connectivity index (χ3n) is 5.69. The predicted molar refractivity (Wildman–Crippen MR) is 124 cm³/mol. The number of nitrogens with one attached hydrogen (secondary N) is 1. The van der Waals surface area contributed by atoms with Crippen LogP contribution in [-0.4, -0.2) is 30.6 Å². The lowest BCUT2D eigenvalue weighted by Gasteiger charge is -2.28. The molecule has 2 aromatic rings. The Morgan fingerprint density at radius 1 is 1.12 bits per heavy atom. The van der Waals surface area contributed by atoms with Crippen molar-refractivity contribution in [1.82, 2.24) is 5.32 Å². The highest BCUT2D eigenvalue weighted by Gasteiger charge is 2.30. The third kappa shape index (κ3) is 6.76. The first-order valence-electron chi connectivity index (χ1n) is 10.7. The van der Waals surface area contributed by atoms with Crippen molar-refractivity contribution >= 4 is 29.6 Å². The summed E-state index contributed by atoms with van der Waals surface area (Å²) >= 11 is 5.90. The van der Waals surface area contributed by atoms with Gasteiger partial charge >= 0.3 is 5.97 Å². The molecule has 2 N–H and O–H groups in total. The van der Waals surface area contributed by atoms with Crippen molar-refractivity contribution in [2.75, 3.05) is 13.7 Å². The molecule has 32 heavy (non-hydrogen) atoms. The van der Waals surface area contributed by atoms with E-state index in [-0.39, 0.29) is 17.7 Å². The molecule has 1 aliphatic carbocycles. The first-order chi connectivity index (χ1) is 15.5. The Balaban J connectivity index is 1.55. The van der Waals surface area contributed by atoms with Crippen LogP contribution in [0, 0.1) is 11.8 Å². The lowest BCUT2D eigenvalue weighted by atomic mass is 9.79. The highest BCUT2D eigenvalue weighted by atomic mass is 35.5. The monoisotopic (exact) mass is 457 g/mol. The van der Waals surface area contributed by atoms with Gasteiger partial charge in [0.25, 0.3) is 0 Å². The molecule has 1 saturated carbocycles. The van der Waals surface area contributed by atoms with E-state index in [2.05, 4.69) is 5.32 Å². The average Bonchev–Trinajstić information content (AvgIpc) is 2.81. The summed E-state index contributed by atoms with van der Waals surface area (Å²) in [6.07, 6.45) is 6.58. The van der Waals surface area contributed by atoms with Crippen molar-refractivity contribution in [3.8, 4) is 11.5 Å². The smallest absolute Gasteiger partial charge is 0.306 e. The zero-order valence-electron chi connectivity index (χ0n) is 18.1. The van der Waals surface area contributed by atoms with E-state index in [1.54, 1.807) is 25.3 Å². The Morgan fingerprint density at radius 2 is 1.88 bits per heavy atom. The molecule has 1 amide bonds. The number of carbonyl (C=O) groups is 2. The van der Waals surface area contributed by atoms with Crippen molar-refractivity contribution in [2.45, 2.75) is 32.3 Å². The molecule has 0 aliphatic heterocycles. The molecule has 1 aliphatic rings. The molecule has 0 spiro atoms. The number of carboxylic acids is 1. The van der Waals surface area contributed by atoms with Gasteiger partial charge in [-0.3, -0.25) is 9.59 Å². The number of amides is 1. The molecule has 0 radical (unpaired) electrons. The van der Waals surface area contributed by atoms with E-state index in [9.17, 15) is 14.7 Å². The molecule has 7 heteroatoms. The fourth-order valence-corrected chi connectivity index (χ4v) is 4.01. The minimum absolute atomic E-state index is 0.0178. The lowest BCUT2D eigenvalue weighted by Crippen LogP contribution is -2.36. The Hall–Kier alpha value is -2.99. The van der Waals surface area contributed by atoms with Crippen molar-refractivity contribution in [3.05, 3.63) is 64.7 Å². The Bertz CT molecular complexity index is 957. The number of benzene rings is 2. The number of halogens is 1. The highest BCUT2D eigenvalue weighted by Crippen LogP contribution is 2.30. The van der Waals surface area contributed by atoms with Gasteiger partial charge in [-0.25, -0.2) is 0 Å². The normalized spacial score (nSPS) is 18.3. The number of hydrogen-bond donors (Lipinski definition) is 2. The van der Waals surface area contributed by atoms with Gasteiger partial charge in [0.15, 0.2) is 11.5 Å². The van der Waals surface area contributed by atoms with E-state index >= 15 is 0 Å². The van der Waals surface area contributed by atoms with Crippen molar-refractivity contribution in [2.24, 2.45) is 11.8 Å². The molecular formula is C25H28ClNO5. The van der Waals surface area contributed by atoms with E-state index < -0.39 is 5.97 Å². The van der Waals surface area contributed by atoms with Gasteiger partial charge in [-0.15, -0.1) is 0 Å². The van der Waals surface area contributed by atoms with E-state index in [1.165, 1.54) is 6.08 Å². The van der Waals surface area contributed by atoms with Gasteiger partial charge in [-0.1, -0.05) is 42.6 Å². The first kappa shape index (κ1) is 23.7. The fourth-order valence-electron chi connectivity index (χ4n) is 3.89. The second kappa shape index (κ2) is 11.6. The summed E-state index contributed by atoms with van der Waals surface area (Å²) < 4.78 is 11.3. The Labute approximate surface area is 193 Å². The third-order valence-corrected chi connectivity index (χ3v) is 5.94. The van der Waals surface area contributed by atoms with Gasteiger partial charge < -0.3 is 19.9 Å². The zero-order valence-corrected chi connectivity index (χ0v) is 18.8. The molecule has 0 bridgehead atoms. The maximum atomic E-state index is 12.2. The van der Waals surface area contributed by atoms with E-state index in [1.807, 2.05) is 30.3 Å². The number of rotatable bonds is 9. The first-order valence-corrected chi connectivity index (χ1v) is 11.1. The minimum Gasteiger partial charge on any atom is -0.493 e. The molecule has 6 nitrogen and oxygen atoms in total. The summed E-state index contributed by atoms with van der Waals surface area (Å²) in [5.74, 6) is -0.255. The van der Waals surface area contributed by atoms with Crippen LogP contribution in [0.4, 0.5) is 0 Å². The summed E-state index contributed by atoms with van der Waals surface area (Å²) in [6, 6.07) is 12.9. The Kier molecular flexibility index (Phi) is 8.56. The lowest BCUT2D eigenvalue weighted by molar-refractivity contribution is -0.145. The molecule has 1 fully saturated rings. The van der Waals surface area contributed by atoms with E-state index in [0.717, 1.165) is 30.4 Å². The number of hydrogen-bond acceptors (Lipinski definition) is 4. The number of methoxy groups -OCH3 is 1. The van der Waals surface area contributed by atoms with Gasteiger partial charge in [-0.05, 0) is 60.2 Å². The van der Waals surface area contributed by atoms with Gasteiger partial charge in [0.05, 0.1) is 13.0 Å². The van der Waals surface area contributed by atoms with Crippen LogP contribution in [0.2, 0.25) is 5.02 Å². The van der Waals surface area contributed by atoms with Gasteiger partial charge in [0.2, 0.25) is 5.91 Å². The molecule has 0 saturated heterocycles. The average molecular weight is 458 g/mol. The molecule has 2 aromatic carbocycles. The minimum atomic E-state index is -0.773. The van der Waals surface area contributed by atoms with Crippen molar-refractivity contribution in [3.63, 3.8) is 0 Å². The fraction of sp³-hybridized carbons (Fsp3) is 0.360. The van der Waals surface area contributed by atoms with Crippen molar-refractivity contribution in [1.29, 1.82) is 0 Å². The van der Waals surface area contributed by atoms with E-state index in [4.69, 9.17) is 21.1 Å². The predicted octanol–water partition coefficient (Wildman–Crippen LogP) is 4.95. The number of aliphatic carboxylic acids is 1. The second-order valence-electron chi connectivity index (χ2n) is 7.89. The zero-order chi connectivity index (χ0) is 22.9. The maximum Gasteiger partial charge on any atom is 0.306 e. The molecule has 0 aromatic heterocycles. The van der Waals surface area contributed by atoms with Crippen molar-refractivity contribution < 1.29 is 24.2 Å². The largest absolute Gasteiger partial charge is 0.493 e. The summed E-state index contributed by atoms with van der Waals surface area (Å²) in [5, 5.41) is 12.9. The quantitative estimate of drug-likeness (QED) is 0.520. The number of carbonyl (C=O) groups excluding carboxylic acids is 1. The Morgan fingerprint density at radius 3 is 2.59 bits per heavy atom.